The highest BCUT2D eigenvalue weighted by molar-refractivity contribution is 8.23. The van der Waals surface area contributed by atoms with E-state index < -0.39 is 16.3 Å². The summed E-state index contributed by atoms with van der Waals surface area (Å²) in [6.07, 6.45) is 7.43. The van der Waals surface area contributed by atoms with Crippen molar-refractivity contribution in [2.45, 2.75) is 37.0 Å². The van der Waals surface area contributed by atoms with E-state index >= 15 is 0 Å². The molecule has 0 amide bonds. The van der Waals surface area contributed by atoms with Gasteiger partial charge in [-0.1, -0.05) is 42.2 Å². The van der Waals surface area contributed by atoms with Gasteiger partial charge in [0.1, 0.15) is 10.5 Å². The normalized spacial score (nSPS) is 19.7. The van der Waals surface area contributed by atoms with Gasteiger partial charge in [0, 0.05) is 6.21 Å². The first kappa shape index (κ1) is 20.3. The van der Waals surface area contributed by atoms with E-state index in [1.807, 2.05) is 6.21 Å². The second-order valence-electron chi connectivity index (χ2n) is 7.72. The van der Waals surface area contributed by atoms with Crippen LogP contribution in [0.3, 0.4) is 0 Å². The predicted octanol–water partition coefficient (Wildman–Crippen LogP) is 5.08. The molecule has 0 bridgehead atoms. The molecule has 31 heavy (non-hydrogen) atoms. The summed E-state index contributed by atoms with van der Waals surface area (Å²) in [6, 6.07) is 8.38. The minimum Gasteiger partial charge on any atom is -0.505 e. The van der Waals surface area contributed by atoms with Crippen LogP contribution in [0.2, 0.25) is 0 Å². The highest BCUT2D eigenvalue weighted by Crippen LogP contribution is 2.55. The number of pyridine rings is 1. The van der Waals surface area contributed by atoms with Crippen molar-refractivity contribution < 1.29 is 14.2 Å². The SMILES string of the molecule is O=c1c(C2=NS(O)(O)c3ccccc3N2)c(O)c2sccc2n1N=CC1CCCCC1. The third-order valence-electron chi connectivity index (χ3n) is 5.66. The van der Waals surface area contributed by atoms with E-state index in [0.717, 1.165) is 25.7 Å². The van der Waals surface area contributed by atoms with E-state index in [4.69, 9.17) is 0 Å². The van der Waals surface area contributed by atoms with Gasteiger partial charge in [-0.2, -0.15) is 9.78 Å². The number of aromatic hydroxyl groups is 1. The minimum atomic E-state index is -3.52. The molecule has 1 aliphatic heterocycles. The topological polar surface area (TPSA) is 119 Å². The van der Waals surface area contributed by atoms with Crippen molar-refractivity contribution in [3.8, 4) is 5.75 Å². The molecule has 0 radical (unpaired) electrons. The molecule has 1 aromatic carbocycles. The largest absolute Gasteiger partial charge is 0.505 e. The Kier molecular flexibility index (Phi) is 5.09. The lowest BCUT2D eigenvalue weighted by Crippen LogP contribution is -2.31. The average Bonchev–Trinajstić information content (AvgIpc) is 3.24. The summed E-state index contributed by atoms with van der Waals surface area (Å²) in [5, 5.41) is 20.1. The maximum absolute atomic E-state index is 13.4. The van der Waals surface area contributed by atoms with Crippen molar-refractivity contribution in [2.24, 2.45) is 15.4 Å². The molecule has 10 heteroatoms. The maximum atomic E-state index is 13.4. The van der Waals surface area contributed by atoms with Crippen LogP contribution >= 0.6 is 22.1 Å². The summed E-state index contributed by atoms with van der Waals surface area (Å²) in [4.78, 5) is 13.7. The van der Waals surface area contributed by atoms with Gasteiger partial charge < -0.3 is 10.4 Å². The van der Waals surface area contributed by atoms with Gasteiger partial charge >= 0.3 is 0 Å². The number of benzene rings is 1. The molecule has 5 rings (SSSR count). The summed E-state index contributed by atoms with van der Waals surface area (Å²) in [5.74, 6) is -0.0198. The van der Waals surface area contributed by atoms with Gasteiger partial charge in [-0.05, 0) is 42.3 Å². The molecule has 0 saturated heterocycles. The summed E-state index contributed by atoms with van der Waals surface area (Å²) < 4.78 is 26.9. The van der Waals surface area contributed by atoms with Gasteiger partial charge in [0.15, 0.2) is 11.6 Å². The first-order valence-corrected chi connectivity index (χ1v) is 12.5. The van der Waals surface area contributed by atoms with Crippen LogP contribution in [-0.2, 0) is 0 Å². The van der Waals surface area contributed by atoms with Gasteiger partial charge in [-0.3, -0.25) is 13.9 Å². The number of aromatic nitrogens is 1. The van der Waals surface area contributed by atoms with E-state index in [-0.39, 0.29) is 22.0 Å². The minimum absolute atomic E-state index is 0.0851. The number of thiophene rings is 1. The van der Waals surface area contributed by atoms with E-state index in [2.05, 4.69) is 14.8 Å². The molecule has 162 valence electrons. The molecule has 4 N–H and O–H groups in total. The van der Waals surface area contributed by atoms with Gasteiger partial charge in [0.2, 0.25) is 0 Å². The molecule has 3 heterocycles. The van der Waals surface area contributed by atoms with Gasteiger partial charge in [0.25, 0.3) is 5.56 Å². The number of rotatable bonds is 3. The second kappa shape index (κ2) is 7.79. The smallest absolute Gasteiger partial charge is 0.286 e. The number of amidine groups is 1. The molecule has 2 aromatic heterocycles. The van der Waals surface area contributed by atoms with Crippen molar-refractivity contribution in [1.82, 2.24) is 4.68 Å². The molecule has 3 aromatic rings. The number of nitrogens with one attached hydrogen (secondary N) is 1. The number of nitrogens with zero attached hydrogens (tertiary/aromatic N) is 3. The standard InChI is InChI=1S/C21H22N4O4S2/c26-18-17(20-23-14-8-4-5-9-16(14)31(28,29)24-20)21(27)25(15-10-11-30-19(15)18)22-12-13-6-2-1-3-7-13/h4-5,8-13,26,28-29H,1-3,6-7H2,(H,23,24). The monoisotopic (exact) mass is 458 g/mol. The van der Waals surface area contributed by atoms with Crippen LogP contribution in [0.5, 0.6) is 5.75 Å². The van der Waals surface area contributed by atoms with Crippen LogP contribution in [0.4, 0.5) is 5.69 Å². The number of hydrogen-bond acceptors (Lipinski definition) is 8. The van der Waals surface area contributed by atoms with Gasteiger partial charge in [0.05, 0.1) is 15.9 Å². The summed E-state index contributed by atoms with van der Waals surface area (Å²) >= 11 is 1.28. The Hall–Kier alpha value is -2.66. The zero-order valence-corrected chi connectivity index (χ0v) is 18.2. The molecule has 1 fully saturated rings. The first-order chi connectivity index (χ1) is 15.0. The van der Waals surface area contributed by atoms with Crippen LogP contribution in [0.25, 0.3) is 10.2 Å². The fourth-order valence-electron chi connectivity index (χ4n) is 4.09. The third-order valence-corrected chi connectivity index (χ3v) is 7.96. The second-order valence-corrected chi connectivity index (χ2v) is 10.3. The summed E-state index contributed by atoms with van der Waals surface area (Å²) in [7, 11) is -3.52. The molecule has 1 aliphatic carbocycles. The van der Waals surface area contributed by atoms with E-state index in [9.17, 15) is 19.0 Å². The van der Waals surface area contributed by atoms with Crippen molar-refractivity contribution in [3.63, 3.8) is 0 Å². The Balaban J connectivity index is 1.66. The summed E-state index contributed by atoms with van der Waals surface area (Å²) in [6.45, 7) is 0. The highest BCUT2D eigenvalue weighted by atomic mass is 32.3. The van der Waals surface area contributed by atoms with E-state index in [1.165, 1.54) is 22.4 Å². The number of fused-ring (bicyclic) bond motifs is 2. The molecule has 8 nitrogen and oxygen atoms in total. The lowest BCUT2D eigenvalue weighted by atomic mass is 9.90. The zero-order chi connectivity index (χ0) is 21.6. The Morgan fingerprint density at radius 3 is 2.77 bits per heavy atom. The Morgan fingerprint density at radius 2 is 1.97 bits per heavy atom. The molecule has 0 spiro atoms. The third kappa shape index (κ3) is 3.55. The quantitative estimate of drug-likeness (QED) is 0.408. The first-order valence-electron chi connectivity index (χ1n) is 10.1. The van der Waals surface area contributed by atoms with Crippen LogP contribution in [0, 0.1) is 5.92 Å². The number of hydrogen-bond donors (Lipinski definition) is 4. The molecule has 2 aliphatic rings. The van der Waals surface area contributed by atoms with Crippen LogP contribution in [0.15, 0.2) is 54.9 Å². The lowest BCUT2D eigenvalue weighted by molar-refractivity contribution is 0.443. The van der Waals surface area contributed by atoms with Crippen molar-refractivity contribution in [2.75, 3.05) is 5.32 Å². The van der Waals surface area contributed by atoms with E-state index in [1.54, 1.807) is 35.7 Å². The number of para-hydroxylation sites is 1. The van der Waals surface area contributed by atoms with Gasteiger partial charge in [-0.25, -0.2) is 0 Å². The highest BCUT2D eigenvalue weighted by Gasteiger charge is 2.30. The predicted molar refractivity (Wildman–Crippen MR) is 126 cm³/mol. The van der Waals surface area contributed by atoms with E-state index in [0.29, 0.717) is 21.8 Å². The van der Waals surface area contributed by atoms with Crippen molar-refractivity contribution in [3.05, 3.63) is 51.6 Å². The Labute approximate surface area is 184 Å². The average molecular weight is 459 g/mol. The fourth-order valence-corrected chi connectivity index (χ4v) is 6.08. The molecule has 0 unspecified atom stereocenters. The molecule has 0 atom stereocenters. The Bertz CT molecular complexity index is 1270. The summed E-state index contributed by atoms with van der Waals surface area (Å²) in [5.41, 5.74) is 0.225. The van der Waals surface area contributed by atoms with Crippen molar-refractivity contribution >= 4 is 50.1 Å². The zero-order valence-electron chi connectivity index (χ0n) is 16.6. The molecular weight excluding hydrogens is 436 g/mol. The lowest BCUT2D eigenvalue weighted by Gasteiger charge is -2.34. The van der Waals surface area contributed by atoms with Crippen LogP contribution in [0.1, 0.15) is 37.7 Å². The van der Waals surface area contributed by atoms with Crippen LogP contribution < -0.4 is 10.9 Å². The molecule has 1 saturated carbocycles. The Morgan fingerprint density at radius 1 is 1.19 bits per heavy atom. The van der Waals surface area contributed by atoms with Crippen LogP contribution in [-0.4, -0.2) is 30.9 Å². The van der Waals surface area contributed by atoms with Gasteiger partial charge in [-0.15, -0.1) is 15.7 Å². The maximum Gasteiger partial charge on any atom is 0.286 e. The molecular formula is C21H22N4O4S2. The number of anilines is 1. The van der Waals surface area contributed by atoms with Crippen molar-refractivity contribution in [1.29, 1.82) is 0 Å². The fraction of sp³-hybridized carbons (Fsp3) is 0.286.